The fourth-order valence-electron chi connectivity index (χ4n) is 16.3. The number of phenols is 2. The van der Waals surface area contributed by atoms with Gasteiger partial charge in [0.1, 0.15) is 83.7 Å². The number of carbonyl (C=O) groups is 9. The molecular weight excluding hydrogens is 1690 g/mol. The number of sulfonamides is 1. The van der Waals surface area contributed by atoms with Gasteiger partial charge in [0.05, 0.1) is 53.8 Å². The smallest absolute Gasteiger partial charge is 0.408 e. The van der Waals surface area contributed by atoms with Crippen LogP contribution in [-0.2, 0) is 85.0 Å². The van der Waals surface area contributed by atoms with Gasteiger partial charge in [-0.25, -0.2) is 22.7 Å². The summed E-state index contributed by atoms with van der Waals surface area (Å²) in [5.74, 6) is -14.1. The van der Waals surface area contributed by atoms with E-state index in [9.17, 15) is 68.4 Å². The quantitative estimate of drug-likeness (QED) is 0.0313. The Balaban J connectivity index is 0.983. The van der Waals surface area contributed by atoms with Crippen LogP contribution in [-0.4, -0.2) is 222 Å². The number of hydrogen-bond donors (Lipinski definition) is 19. The van der Waals surface area contributed by atoms with E-state index in [0.29, 0.717) is 0 Å². The zero-order chi connectivity index (χ0) is 91.1. The Kier molecular flexibility index (Phi) is 30.2. The normalized spacial score (nSPS) is 26.4. The molecule has 0 spiro atoms. The third-order valence-electron chi connectivity index (χ3n) is 23.0. The summed E-state index contributed by atoms with van der Waals surface area (Å²) in [4.78, 5) is 133. The van der Waals surface area contributed by atoms with Crippen molar-refractivity contribution in [2.75, 3.05) is 40.0 Å². The maximum absolute atomic E-state index is 16.5. The Morgan fingerprint density at radius 1 is 0.730 bits per heavy atom. The summed E-state index contributed by atoms with van der Waals surface area (Å²) in [6.45, 7) is 10.8. The first-order valence-electron chi connectivity index (χ1n) is 41.3. The average Bonchev–Trinajstić information content (AvgIpc) is 1.36. The third-order valence-corrected chi connectivity index (χ3v) is 24.7. The van der Waals surface area contributed by atoms with Gasteiger partial charge in [0.2, 0.25) is 63.4 Å². The SMILES string of the molecule is CCCCCCc1ccc(S(=O)(=O)NCCOCCNCc2c(O)cc3c(c2C)-c2cc(ccc2O)[C@H]2NC(=O)[C@@H]4NC(=O)[C@H](CC(N)=O)NC(=O)[C@H](NC(=O)[C@@H](CC(C)C)NC)[C@H](O)c5ccc(c(C)c5)Oc5cc4cc(c5O[C@@H]4O[C@H](CO)[C@@H](O)[C@H](O)[C@H]4O[C@H]4C[C@]5(C)NC(=O)O[C@@H]5[C@H](C)O4)Oc4ccc(cc4Cl)[C@@H](O)[C@H](NC2=O)C(=O)N[C@@H]3C(=O)O)cc1. The van der Waals surface area contributed by atoms with Gasteiger partial charge in [0, 0.05) is 37.2 Å². The number of unbranched alkanes of at least 4 members (excludes halogenated alkanes) is 3. The Morgan fingerprint density at radius 2 is 1.40 bits per heavy atom. The molecule has 38 nitrogen and oxygen atoms in total. The molecule has 8 aliphatic rings. The molecule has 6 aromatic rings. The topological polar surface area (TPSA) is 570 Å². The highest BCUT2D eigenvalue weighted by atomic mass is 35.5. The van der Waals surface area contributed by atoms with Gasteiger partial charge in [-0.1, -0.05) is 82.0 Å². The summed E-state index contributed by atoms with van der Waals surface area (Å²) >= 11 is 7.20. The zero-order valence-corrected chi connectivity index (χ0v) is 71.8. The van der Waals surface area contributed by atoms with Crippen molar-refractivity contribution < 1.29 is 130 Å². The number of likely N-dealkylation sites (N-methyl/N-ethyl adjacent to an activating group) is 1. The summed E-state index contributed by atoms with van der Waals surface area (Å²) in [7, 11) is -2.40. The van der Waals surface area contributed by atoms with Crippen molar-refractivity contribution >= 4 is 75.0 Å². The van der Waals surface area contributed by atoms with Gasteiger partial charge < -0.3 is 132 Å². The number of aromatic hydroxyl groups is 2. The summed E-state index contributed by atoms with van der Waals surface area (Å²) in [5.41, 5.74) is 4.20. The molecule has 3 saturated heterocycles. The molecule has 20 N–H and O–H groups in total. The van der Waals surface area contributed by atoms with E-state index < -0.39 is 225 Å². The van der Waals surface area contributed by atoms with E-state index in [0.717, 1.165) is 80.1 Å². The lowest BCUT2D eigenvalue weighted by atomic mass is 9.85. The number of alkyl carbamates (subject to hydrolysis) is 1. The molecular formula is C86H106ClN11O27S. The van der Waals surface area contributed by atoms with Crippen molar-refractivity contribution in [3.63, 3.8) is 0 Å². The molecule has 0 radical (unpaired) electrons. The van der Waals surface area contributed by atoms with Gasteiger partial charge in [-0.05, 0) is 177 Å². The Bertz CT molecular complexity index is 5210. The van der Waals surface area contributed by atoms with Crippen LogP contribution in [0, 0.1) is 19.8 Å². The van der Waals surface area contributed by atoms with E-state index >= 15 is 24.0 Å². The molecule has 0 aliphatic carbocycles. The molecule has 6 aromatic carbocycles. The number of aliphatic hydroxyl groups is 5. The number of nitrogens with one attached hydrogen (secondary N) is 10. The number of ether oxygens (including phenoxy) is 8. The fourth-order valence-corrected chi connectivity index (χ4v) is 17.5. The van der Waals surface area contributed by atoms with Crippen molar-refractivity contribution in [3.8, 4) is 51.4 Å². The molecule has 126 heavy (non-hydrogen) atoms. The van der Waals surface area contributed by atoms with Gasteiger partial charge in [0.15, 0.2) is 36.0 Å². The number of benzene rings is 6. The predicted octanol–water partition coefficient (Wildman–Crippen LogP) is 3.36. The lowest BCUT2D eigenvalue weighted by molar-refractivity contribution is -0.332. The van der Waals surface area contributed by atoms with Crippen molar-refractivity contribution in [2.45, 2.75) is 221 Å². The molecule has 8 amide bonds. The molecule has 18 atom stereocenters. The number of hydrogen-bond acceptors (Lipinski definition) is 28. The van der Waals surface area contributed by atoms with E-state index in [4.69, 9.17) is 55.2 Å². The molecule has 8 heterocycles. The second kappa shape index (κ2) is 40.4. The lowest BCUT2D eigenvalue weighted by Crippen LogP contribution is -2.63. The highest BCUT2D eigenvalue weighted by Crippen LogP contribution is 2.50. The second-order valence-corrected chi connectivity index (χ2v) is 34.8. The maximum atomic E-state index is 16.5. The number of aliphatic carboxylic acids is 1. The molecule has 40 heteroatoms. The summed E-state index contributed by atoms with van der Waals surface area (Å²) < 4.78 is 79.6. The summed E-state index contributed by atoms with van der Waals surface area (Å²) in [5, 5.41) is 119. The fraction of sp³-hybridized carbons (Fsp3) is 0.477. The van der Waals surface area contributed by atoms with Crippen LogP contribution in [0.15, 0.2) is 102 Å². The molecule has 0 saturated carbocycles. The first-order valence-corrected chi connectivity index (χ1v) is 43.2. The highest BCUT2D eigenvalue weighted by molar-refractivity contribution is 7.89. The van der Waals surface area contributed by atoms with Crippen LogP contribution in [0.4, 0.5) is 4.79 Å². The molecule has 3 fully saturated rings. The molecule has 8 aliphatic heterocycles. The van der Waals surface area contributed by atoms with Gasteiger partial charge in [-0.2, -0.15) is 0 Å². The van der Waals surface area contributed by atoms with Gasteiger partial charge >= 0.3 is 12.1 Å². The molecule has 14 rings (SSSR count). The van der Waals surface area contributed by atoms with Crippen LogP contribution in [0.5, 0.6) is 40.2 Å². The standard InChI is InChI=1S/C86H106ClN11O27S/c1-9-10-11-12-13-43-14-19-48(20-15-43)126(116,117)91-25-27-118-26-24-90-37-51-41(5)64-49-30-44(16-21-55(49)100)65-79(109)97-69(82(112)95-67(83(113)114)50(64)34-56(51)101)71(104)46-18-23-58(52(87)31-46)121-60-33-47-32-59(74(60)124-84-75(73(106)72(105)61(38-99)122-84)123-63-36-86(7)76(42(6)119-63)125-85(115)98-86)120-57-22-17-45(29-40(57)4)70(103)68(96-77(107)53(89-8)28-39(2)3)81(111)92-54(35-62(88)102)78(108)93-66(47)80(110)94-65/h14-23,29-34,39,42,53-54,61,63,65-73,75-76,84,89-91,99-101,103-106H,9-13,24-28,35-38H2,1-8H3,(H2,88,102)(H,92,111)(H,93,108)(H,94,110)(H,95,112)(H,96,107)(H,97,109)(H,98,115)(H,113,114)/t42-,53+,54-,61+,63-,65+,66+,67-,68+,69-,70+,71+,72+,73-,75+,76+,84-,86-/m0/s1. The average molecular weight is 1790 g/mol. The van der Waals surface area contributed by atoms with Crippen molar-refractivity contribution in [1.29, 1.82) is 0 Å². The molecule has 0 unspecified atom stereocenters. The minimum Gasteiger partial charge on any atom is -0.508 e. The number of aryl methyl sites for hydroxylation is 2. The van der Waals surface area contributed by atoms with Crippen LogP contribution in [0.25, 0.3) is 11.1 Å². The van der Waals surface area contributed by atoms with E-state index in [-0.39, 0.29) is 118 Å². The summed E-state index contributed by atoms with van der Waals surface area (Å²) in [6, 6.07) is 6.58. The van der Waals surface area contributed by atoms with Crippen molar-refractivity contribution in [3.05, 3.63) is 152 Å². The Hall–Kier alpha value is -10.9. The van der Waals surface area contributed by atoms with E-state index in [2.05, 4.69) is 59.5 Å². The molecule has 11 bridgehead atoms. The number of carboxylic acids is 1. The monoisotopic (exact) mass is 1790 g/mol. The number of carboxylic acid groups (broad SMARTS) is 1. The summed E-state index contributed by atoms with van der Waals surface area (Å²) in [6.07, 6.45) is -13.5. The number of primary amides is 1. The number of phenolic OH excluding ortho intramolecular Hbond substituents is 2. The minimum atomic E-state index is -3.90. The second-order valence-electron chi connectivity index (χ2n) is 32.6. The number of halogens is 1. The number of aliphatic hydroxyl groups excluding tert-OH is 5. The Labute approximate surface area is 730 Å². The van der Waals surface area contributed by atoms with Crippen molar-refractivity contribution in [1.82, 2.24) is 52.6 Å². The van der Waals surface area contributed by atoms with Gasteiger partial charge in [0.25, 0.3) is 0 Å². The third kappa shape index (κ3) is 21.3. The minimum absolute atomic E-state index is 0.00125. The number of fused-ring (bicyclic) bond motifs is 16. The van der Waals surface area contributed by atoms with E-state index in [1.165, 1.54) is 51.2 Å². The van der Waals surface area contributed by atoms with Crippen LogP contribution in [0.3, 0.4) is 0 Å². The lowest BCUT2D eigenvalue weighted by Gasteiger charge is -2.46. The maximum Gasteiger partial charge on any atom is 0.408 e. The van der Waals surface area contributed by atoms with E-state index in [1.54, 1.807) is 38.1 Å². The molecule has 0 aromatic heterocycles. The first kappa shape index (κ1) is 94.2. The Morgan fingerprint density at radius 3 is 2.06 bits per heavy atom. The first-order chi connectivity index (χ1) is 59.9. The number of nitrogens with two attached hydrogens (primary N) is 1. The van der Waals surface area contributed by atoms with Crippen LogP contribution in [0.2, 0.25) is 5.02 Å². The van der Waals surface area contributed by atoms with Crippen LogP contribution in [0.1, 0.15) is 160 Å². The van der Waals surface area contributed by atoms with Gasteiger partial charge in [-0.3, -0.25) is 33.6 Å². The number of rotatable bonds is 28. The van der Waals surface area contributed by atoms with Crippen LogP contribution >= 0.6 is 11.6 Å². The van der Waals surface area contributed by atoms with E-state index in [1.807, 2.05) is 13.8 Å². The van der Waals surface area contributed by atoms with Crippen molar-refractivity contribution in [2.24, 2.45) is 11.7 Å². The molecule has 680 valence electrons. The largest absolute Gasteiger partial charge is 0.508 e. The van der Waals surface area contributed by atoms with Gasteiger partial charge in [-0.15, -0.1) is 0 Å². The zero-order valence-electron chi connectivity index (χ0n) is 70.2. The highest BCUT2D eigenvalue weighted by Gasteiger charge is 2.56. The number of carbonyl (C=O) groups excluding carboxylic acids is 8. The van der Waals surface area contributed by atoms with Crippen LogP contribution < -0.4 is 72.5 Å². The predicted molar refractivity (Wildman–Crippen MR) is 447 cm³/mol. The number of amides is 8.